The molecule has 1 atom stereocenters. The van der Waals surface area contributed by atoms with Crippen molar-refractivity contribution in [2.75, 3.05) is 23.7 Å². The minimum atomic E-state index is 0.366. The molecule has 0 saturated heterocycles. The van der Waals surface area contributed by atoms with E-state index in [1.165, 1.54) is 17.5 Å². The van der Waals surface area contributed by atoms with Gasteiger partial charge >= 0.3 is 0 Å². The molecule has 2 N–H and O–H groups in total. The quantitative estimate of drug-likeness (QED) is 0.817. The molecule has 1 aromatic carbocycles. The van der Waals surface area contributed by atoms with Crippen LogP contribution in [0.1, 0.15) is 27.2 Å². The summed E-state index contributed by atoms with van der Waals surface area (Å²) in [6.07, 6.45) is 3.16. The molecule has 106 valence electrons. The van der Waals surface area contributed by atoms with Gasteiger partial charge in [-0.15, -0.1) is 0 Å². The minimum absolute atomic E-state index is 0.366. The highest BCUT2D eigenvalue weighted by atomic mass is 15.0. The SMILES string of the molecule is CC(C)(C)CC1CNc2cnc3ccccc3c2NC1. The smallest absolute Gasteiger partial charge is 0.0769 e. The van der Waals surface area contributed by atoms with E-state index in [4.69, 9.17) is 0 Å². The van der Waals surface area contributed by atoms with Gasteiger partial charge < -0.3 is 10.6 Å². The number of hydrogen-bond acceptors (Lipinski definition) is 3. The maximum absolute atomic E-state index is 4.53. The lowest BCUT2D eigenvalue weighted by Gasteiger charge is -2.25. The number of rotatable bonds is 1. The summed E-state index contributed by atoms with van der Waals surface area (Å²) in [5, 5.41) is 8.41. The van der Waals surface area contributed by atoms with Crippen molar-refractivity contribution < 1.29 is 0 Å². The fourth-order valence-corrected chi connectivity index (χ4v) is 3.05. The van der Waals surface area contributed by atoms with Crippen molar-refractivity contribution in [2.24, 2.45) is 11.3 Å². The number of benzene rings is 1. The second-order valence-corrected chi connectivity index (χ2v) is 6.96. The zero-order valence-corrected chi connectivity index (χ0v) is 12.5. The third kappa shape index (κ3) is 2.72. The number of para-hydroxylation sites is 1. The molecule has 2 aromatic rings. The number of nitrogens with zero attached hydrogens (tertiary/aromatic N) is 1. The number of hydrogen-bond donors (Lipinski definition) is 2. The van der Waals surface area contributed by atoms with Crippen molar-refractivity contribution in [1.29, 1.82) is 0 Å². The number of anilines is 2. The Morgan fingerprint density at radius 1 is 1.15 bits per heavy atom. The molecule has 0 saturated carbocycles. The summed E-state index contributed by atoms with van der Waals surface area (Å²) >= 11 is 0. The van der Waals surface area contributed by atoms with E-state index in [0.29, 0.717) is 11.3 Å². The van der Waals surface area contributed by atoms with Crippen LogP contribution >= 0.6 is 0 Å². The van der Waals surface area contributed by atoms with E-state index in [1.807, 2.05) is 12.3 Å². The Bertz CT molecular complexity index is 613. The Balaban J connectivity index is 1.89. The van der Waals surface area contributed by atoms with Gasteiger partial charge in [0.15, 0.2) is 0 Å². The first-order valence-corrected chi connectivity index (χ1v) is 7.38. The van der Waals surface area contributed by atoms with E-state index in [1.54, 1.807) is 0 Å². The molecule has 0 aliphatic carbocycles. The molecule has 0 spiro atoms. The Kier molecular flexibility index (Phi) is 3.28. The van der Waals surface area contributed by atoms with Gasteiger partial charge in [0, 0.05) is 18.5 Å². The van der Waals surface area contributed by atoms with E-state index in [9.17, 15) is 0 Å². The van der Waals surface area contributed by atoms with Gasteiger partial charge in [0.1, 0.15) is 0 Å². The van der Waals surface area contributed by atoms with Crippen molar-refractivity contribution in [3.63, 3.8) is 0 Å². The lowest BCUT2D eigenvalue weighted by molar-refractivity contribution is 0.310. The third-order valence-electron chi connectivity index (χ3n) is 3.83. The number of pyridine rings is 1. The maximum Gasteiger partial charge on any atom is 0.0769 e. The van der Waals surface area contributed by atoms with Crippen LogP contribution in [-0.2, 0) is 0 Å². The normalized spacial score (nSPS) is 18.9. The van der Waals surface area contributed by atoms with Crippen LogP contribution < -0.4 is 10.6 Å². The van der Waals surface area contributed by atoms with Crippen LogP contribution in [0.3, 0.4) is 0 Å². The van der Waals surface area contributed by atoms with Crippen LogP contribution in [0.2, 0.25) is 0 Å². The van der Waals surface area contributed by atoms with Gasteiger partial charge in [-0.1, -0.05) is 39.0 Å². The summed E-state index contributed by atoms with van der Waals surface area (Å²) < 4.78 is 0. The van der Waals surface area contributed by atoms with Gasteiger partial charge in [-0.2, -0.15) is 0 Å². The first-order valence-electron chi connectivity index (χ1n) is 7.38. The largest absolute Gasteiger partial charge is 0.382 e. The van der Waals surface area contributed by atoms with Gasteiger partial charge in [-0.25, -0.2) is 0 Å². The summed E-state index contributed by atoms with van der Waals surface area (Å²) in [4.78, 5) is 4.53. The number of fused-ring (bicyclic) bond motifs is 3. The highest BCUT2D eigenvalue weighted by Crippen LogP contribution is 2.33. The summed E-state index contributed by atoms with van der Waals surface area (Å²) in [5.41, 5.74) is 3.74. The van der Waals surface area contributed by atoms with E-state index < -0.39 is 0 Å². The molecule has 2 heterocycles. The molecule has 1 aliphatic rings. The van der Waals surface area contributed by atoms with Crippen molar-refractivity contribution in [2.45, 2.75) is 27.2 Å². The first-order chi connectivity index (χ1) is 9.53. The highest BCUT2D eigenvalue weighted by Gasteiger charge is 2.22. The van der Waals surface area contributed by atoms with E-state index >= 15 is 0 Å². The summed E-state index contributed by atoms with van der Waals surface area (Å²) in [5.74, 6) is 0.640. The molecule has 1 aromatic heterocycles. The molecule has 0 amide bonds. The predicted octanol–water partition coefficient (Wildman–Crippen LogP) is 4.12. The van der Waals surface area contributed by atoms with E-state index in [0.717, 1.165) is 24.3 Å². The van der Waals surface area contributed by atoms with Crippen LogP contribution in [-0.4, -0.2) is 18.1 Å². The topological polar surface area (TPSA) is 37.0 Å². The molecule has 1 unspecified atom stereocenters. The third-order valence-corrected chi connectivity index (χ3v) is 3.83. The second-order valence-electron chi connectivity index (χ2n) is 6.96. The molecule has 0 bridgehead atoms. The Hall–Kier alpha value is -1.77. The predicted molar refractivity (Wildman–Crippen MR) is 86.3 cm³/mol. The lowest BCUT2D eigenvalue weighted by atomic mass is 9.84. The summed E-state index contributed by atoms with van der Waals surface area (Å²) in [6, 6.07) is 8.31. The van der Waals surface area contributed by atoms with Crippen LogP contribution in [0.5, 0.6) is 0 Å². The Morgan fingerprint density at radius 3 is 2.70 bits per heavy atom. The molecular formula is C17H23N3. The van der Waals surface area contributed by atoms with Crippen molar-refractivity contribution in [3.05, 3.63) is 30.5 Å². The van der Waals surface area contributed by atoms with Gasteiger partial charge in [0.2, 0.25) is 0 Å². The molecule has 0 fully saturated rings. The van der Waals surface area contributed by atoms with Crippen molar-refractivity contribution >= 4 is 22.3 Å². The molecule has 3 heteroatoms. The first kappa shape index (κ1) is 13.2. The molecular weight excluding hydrogens is 246 g/mol. The van der Waals surface area contributed by atoms with Gasteiger partial charge in [-0.05, 0) is 23.8 Å². The number of aromatic nitrogens is 1. The van der Waals surface area contributed by atoms with Gasteiger partial charge in [0.05, 0.1) is 23.1 Å². The van der Waals surface area contributed by atoms with Crippen LogP contribution in [0.15, 0.2) is 30.5 Å². The standard InChI is InChI=1S/C17H23N3/c1-17(2,3)8-12-9-18-15-11-19-14-7-5-4-6-13(14)16(15)20-10-12/h4-7,11-12,18,20H,8-10H2,1-3H3. The zero-order chi connectivity index (χ0) is 14.2. The highest BCUT2D eigenvalue weighted by molar-refractivity contribution is 5.97. The molecule has 1 aliphatic heterocycles. The van der Waals surface area contributed by atoms with Crippen LogP contribution in [0, 0.1) is 11.3 Å². The fourth-order valence-electron chi connectivity index (χ4n) is 3.05. The minimum Gasteiger partial charge on any atom is -0.382 e. The zero-order valence-electron chi connectivity index (χ0n) is 12.5. The molecule has 0 radical (unpaired) electrons. The van der Waals surface area contributed by atoms with E-state index in [-0.39, 0.29) is 0 Å². The molecule has 20 heavy (non-hydrogen) atoms. The number of nitrogens with one attached hydrogen (secondary N) is 2. The fraction of sp³-hybridized carbons (Fsp3) is 0.471. The van der Waals surface area contributed by atoms with Crippen molar-refractivity contribution in [1.82, 2.24) is 4.98 Å². The summed E-state index contributed by atoms with van der Waals surface area (Å²) in [6.45, 7) is 8.95. The lowest BCUT2D eigenvalue weighted by Crippen LogP contribution is -2.24. The molecule has 3 rings (SSSR count). The Labute approximate surface area is 120 Å². The summed E-state index contributed by atoms with van der Waals surface area (Å²) in [7, 11) is 0. The van der Waals surface area contributed by atoms with E-state index in [2.05, 4.69) is 54.6 Å². The monoisotopic (exact) mass is 269 g/mol. The molecule has 3 nitrogen and oxygen atoms in total. The Morgan fingerprint density at radius 2 is 1.90 bits per heavy atom. The van der Waals surface area contributed by atoms with Crippen molar-refractivity contribution in [3.8, 4) is 0 Å². The average molecular weight is 269 g/mol. The maximum atomic E-state index is 4.53. The average Bonchev–Trinajstić information content (AvgIpc) is 2.60. The second kappa shape index (κ2) is 4.97. The van der Waals surface area contributed by atoms with Gasteiger partial charge in [0.25, 0.3) is 0 Å². The van der Waals surface area contributed by atoms with Gasteiger partial charge in [-0.3, -0.25) is 4.98 Å². The van der Waals surface area contributed by atoms with Crippen LogP contribution in [0.25, 0.3) is 10.9 Å². The van der Waals surface area contributed by atoms with Crippen LogP contribution in [0.4, 0.5) is 11.4 Å².